The third-order valence-electron chi connectivity index (χ3n) is 3.68. The Hall–Kier alpha value is -1.49. The average Bonchev–Trinajstić information content (AvgIpc) is 2.70. The minimum atomic E-state index is -0.0627. The first kappa shape index (κ1) is 12.5. The predicted octanol–water partition coefficient (Wildman–Crippen LogP) is 2.17. The number of nitrogens with zero attached hydrogens (tertiary/aromatic N) is 2. The fourth-order valence-corrected chi connectivity index (χ4v) is 4.06. The van der Waals surface area contributed by atoms with Crippen LogP contribution >= 0.6 is 11.3 Å². The molecule has 0 saturated heterocycles. The molecule has 0 N–H and O–H groups in total. The van der Waals surface area contributed by atoms with E-state index in [0.29, 0.717) is 5.92 Å². The van der Waals surface area contributed by atoms with E-state index in [2.05, 4.69) is 11.9 Å². The van der Waals surface area contributed by atoms with Crippen LogP contribution in [-0.2, 0) is 24.2 Å². The van der Waals surface area contributed by atoms with E-state index in [1.54, 1.807) is 11.3 Å². The van der Waals surface area contributed by atoms with Gasteiger partial charge in [0.15, 0.2) is 0 Å². The van der Waals surface area contributed by atoms with E-state index in [-0.39, 0.29) is 17.9 Å². The molecule has 0 aliphatic heterocycles. The van der Waals surface area contributed by atoms with E-state index in [0.717, 1.165) is 29.5 Å². The monoisotopic (exact) mass is 276 g/mol. The molecule has 1 aliphatic rings. The maximum absolute atomic E-state index is 12.5. The van der Waals surface area contributed by atoms with Crippen molar-refractivity contribution in [2.45, 2.75) is 39.7 Å². The zero-order valence-electron chi connectivity index (χ0n) is 11.1. The molecule has 19 heavy (non-hydrogen) atoms. The molecule has 0 bridgehead atoms. The molecule has 2 heterocycles. The van der Waals surface area contributed by atoms with Crippen LogP contribution in [0.3, 0.4) is 0 Å². The Labute approximate surface area is 115 Å². The molecule has 1 aliphatic carbocycles. The lowest BCUT2D eigenvalue weighted by atomic mass is 9.89. The molecule has 3 rings (SSSR count). The smallest absolute Gasteiger partial charge is 0.262 e. The number of hydrogen-bond acceptors (Lipinski definition) is 4. The van der Waals surface area contributed by atoms with Crippen molar-refractivity contribution in [1.29, 1.82) is 0 Å². The molecule has 100 valence electrons. The predicted molar refractivity (Wildman–Crippen MR) is 75.8 cm³/mol. The normalized spacial score (nSPS) is 18.5. The van der Waals surface area contributed by atoms with Crippen molar-refractivity contribution >= 4 is 27.3 Å². The highest BCUT2D eigenvalue weighted by atomic mass is 32.1. The van der Waals surface area contributed by atoms with Gasteiger partial charge in [-0.2, -0.15) is 0 Å². The standard InChI is InChI=1S/C14H16N2O2S/c1-8-3-4-10-11(5-8)19-13-12(10)14(18)16(7-15-13)6-9(2)17/h7-8H,3-6H2,1-2H3/t8-/m1/s1. The van der Waals surface area contributed by atoms with Crippen LogP contribution in [0.4, 0.5) is 0 Å². The number of fused-ring (bicyclic) bond motifs is 3. The van der Waals surface area contributed by atoms with Crippen molar-refractivity contribution in [1.82, 2.24) is 9.55 Å². The van der Waals surface area contributed by atoms with Gasteiger partial charge in [0.1, 0.15) is 10.6 Å². The van der Waals surface area contributed by atoms with Crippen LogP contribution in [0.25, 0.3) is 10.2 Å². The van der Waals surface area contributed by atoms with E-state index in [1.165, 1.54) is 28.3 Å². The number of aryl methyl sites for hydroxylation is 1. The summed E-state index contributed by atoms with van der Waals surface area (Å²) in [5, 5.41) is 0.746. The summed E-state index contributed by atoms with van der Waals surface area (Å²) in [6.07, 6.45) is 4.62. The fourth-order valence-electron chi connectivity index (χ4n) is 2.72. The van der Waals surface area contributed by atoms with E-state index < -0.39 is 0 Å². The summed E-state index contributed by atoms with van der Waals surface area (Å²) >= 11 is 1.64. The van der Waals surface area contributed by atoms with Gasteiger partial charge in [-0.3, -0.25) is 14.2 Å². The molecule has 0 spiro atoms. The highest BCUT2D eigenvalue weighted by molar-refractivity contribution is 7.18. The lowest BCUT2D eigenvalue weighted by molar-refractivity contribution is -0.117. The van der Waals surface area contributed by atoms with Crippen LogP contribution in [0.15, 0.2) is 11.1 Å². The maximum Gasteiger partial charge on any atom is 0.262 e. The van der Waals surface area contributed by atoms with Gasteiger partial charge in [-0.1, -0.05) is 6.92 Å². The lowest BCUT2D eigenvalue weighted by Gasteiger charge is -2.17. The summed E-state index contributed by atoms with van der Waals surface area (Å²) in [7, 11) is 0. The number of thiophene rings is 1. The van der Waals surface area contributed by atoms with Gasteiger partial charge >= 0.3 is 0 Å². The molecule has 0 fully saturated rings. The van der Waals surface area contributed by atoms with Crippen molar-refractivity contribution in [3.63, 3.8) is 0 Å². The second kappa shape index (κ2) is 4.56. The molecule has 0 saturated carbocycles. The van der Waals surface area contributed by atoms with Crippen molar-refractivity contribution in [2.75, 3.05) is 0 Å². The number of carbonyl (C=O) groups is 1. The number of aromatic nitrogens is 2. The Morgan fingerprint density at radius 1 is 1.58 bits per heavy atom. The average molecular weight is 276 g/mol. The molecule has 0 amide bonds. The van der Waals surface area contributed by atoms with E-state index in [4.69, 9.17) is 0 Å². The zero-order chi connectivity index (χ0) is 13.6. The summed E-state index contributed by atoms with van der Waals surface area (Å²) in [6, 6.07) is 0. The molecule has 0 unspecified atom stereocenters. The summed E-state index contributed by atoms with van der Waals surface area (Å²) in [4.78, 5) is 30.1. The van der Waals surface area contributed by atoms with Crippen LogP contribution in [0, 0.1) is 5.92 Å². The maximum atomic E-state index is 12.5. The second-order valence-corrected chi connectivity index (χ2v) is 6.50. The van der Waals surface area contributed by atoms with Gasteiger partial charge in [-0.25, -0.2) is 4.98 Å². The van der Waals surface area contributed by atoms with Gasteiger partial charge in [0.05, 0.1) is 18.3 Å². The lowest BCUT2D eigenvalue weighted by Crippen LogP contribution is -2.24. The first-order chi connectivity index (χ1) is 9.06. The van der Waals surface area contributed by atoms with E-state index in [1.807, 2.05) is 0 Å². The molecule has 0 aromatic carbocycles. The fraction of sp³-hybridized carbons (Fsp3) is 0.500. The highest BCUT2D eigenvalue weighted by Crippen LogP contribution is 2.35. The Bertz CT molecular complexity index is 714. The summed E-state index contributed by atoms with van der Waals surface area (Å²) in [5.41, 5.74) is 1.11. The third-order valence-corrected chi connectivity index (χ3v) is 4.84. The van der Waals surface area contributed by atoms with Crippen molar-refractivity contribution in [3.8, 4) is 0 Å². The summed E-state index contributed by atoms with van der Waals surface area (Å²) in [6.45, 7) is 3.85. The first-order valence-corrected chi connectivity index (χ1v) is 7.37. The van der Waals surface area contributed by atoms with Crippen LogP contribution < -0.4 is 5.56 Å². The van der Waals surface area contributed by atoms with Gasteiger partial charge in [-0.05, 0) is 37.7 Å². The number of ketones is 1. The van der Waals surface area contributed by atoms with Gasteiger partial charge in [-0.15, -0.1) is 11.3 Å². The van der Waals surface area contributed by atoms with Crippen molar-refractivity contribution in [3.05, 3.63) is 27.1 Å². The molecule has 5 heteroatoms. The van der Waals surface area contributed by atoms with E-state index in [9.17, 15) is 9.59 Å². The molecule has 4 nitrogen and oxygen atoms in total. The van der Waals surface area contributed by atoms with Crippen LogP contribution in [0.2, 0.25) is 0 Å². The quantitative estimate of drug-likeness (QED) is 0.844. The summed E-state index contributed by atoms with van der Waals surface area (Å²) < 4.78 is 1.43. The van der Waals surface area contributed by atoms with Crippen LogP contribution in [0.5, 0.6) is 0 Å². The van der Waals surface area contributed by atoms with Gasteiger partial charge in [0.2, 0.25) is 0 Å². The minimum absolute atomic E-state index is 0.0269. The molecule has 2 aromatic heterocycles. The Balaban J connectivity index is 2.20. The number of rotatable bonds is 2. The second-order valence-electron chi connectivity index (χ2n) is 5.41. The summed E-state index contributed by atoms with van der Waals surface area (Å²) in [5.74, 6) is 0.654. The molecular formula is C14H16N2O2S. The van der Waals surface area contributed by atoms with Crippen molar-refractivity contribution < 1.29 is 4.79 Å². The Morgan fingerprint density at radius 3 is 3.11 bits per heavy atom. The number of Topliss-reactive ketones (excluding diaryl/α,β-unsaturated/α-hetero) is 1. The zero-order valence-corrected chi connectivity index (χ0v) is 11.9. The molecule has 0 radical (unpaired) electrons. The van der Waals surface area contributed by atoms with E-state index >= 15 is 0 Å². The van der Waals surface area contributed by atoms with Crippen molar-refractivity contribution in [2.24, 2.45) is 5.92 Å². The first-order valence-electron chi connectivity index (χ1n) is 6.55. The van der Waals surface area contributed by atoms with Crippen LogP contribution in [0.1, 0.15) is 30.7 Å². The van der Waals surface area contributed by atoms with Gasteiger partial charge in [0, 0.05) is 4.88 Å². The number of hydrogen-bond donors (Lipinski definition) is 0. The Kier molecular flexibility index (Phi) is 3.01. The highest BCUT2D eigenvalue weighted by Gasteiger charge is 2.23. The topological polar surface area (TPSA) is 52.0 Å². The number of carbonyl (C=O) groups excluding carboxylic acids is 1. The molecular weight excluding hydrogens is 260 g/mol. The van der Waals surface area contributed by atoms with Gasteiger partial charge < -0.3 is 0 Å². The van der Waals surface area contributed by atoms with Gasteiger partial charge in [0.25, 0.3) is 5.56 Å². The SMILES string of the molecule is CC(=O)Cn1cnc2sc3c(c2c1=O)CC[C@@H](C)C3. The van der Waals surface area contributed by atoms with Crippen LogP contribution in [-0.4, -0.2) is 15.3 Å². The molecule has 1 atom stereocenters. The largest absolute Gasteiger partial charge is 0.298 e. The third kappa shape index (κ3) is 2.12. The molecule has 2 aromatic rings. The minimum Gasteiger partial charge on any atom is -0.298 e. The Morgan fingerprint density at radius 2 is 2.37 bits per heavy atom.